The highest BCUT2D eigenvalue weighted by atomic mass is 35.5. The molecule has 0 atom stereocenters. The standard InChI is InChI=1S/C13H7ClN2O2.C2HF3O2/c14-8-3-1-4-9(7-8)16-12(17)10-5-2-6-15-11(10)13(16)18;3-2(4,5)1(6)7/h1-7H;(H,6,7). The molecule has 2 aromatic rings. The van der Waals surface area contributed by atoms with E-state index in [9.17, 15) is 22.8 Å². The molecule has 1 aromatic heterocycles. The average Bonchev–Trinajstić information content (AvgIpc) is 2.79. The minimum atomic E-state index is -5.08. The lowest BCUT2D eigenvalue weighted by Gasteiger charge is -2.13. The molecule has 6 nitrogen and oxygen atoms in total. The van der Waals surface area contributed by atoms with Gasteiger partial charge in [-0.05, 0) is 30.3 Å². The molecule has 0 saturated carbocycles. The highest BCUT2D eigenvalue weighted by Gasteiger charge is 2.38. The van der Waals surface area contributed by atoms with Gasteiger partial charge in [-0.1, -0.05) is 17.7 Å². The fourth-order valence-corrected chi connectivity index (χ4v) is 2.10. The second-order valence-electron chi connectivity index (χ2n) is 4.63. The third kappa shape index (κ3) is 3.94. The summed E-state index contributed by atoms with van der Waals surface area (Å²) < 4.78 is 31.7. The van der Waals surface area contributed by atoms with E-state index in [0.29, 0.717) is 16.3 Å². The van der Waals surface area contributed by atoms with Gasteiger partial charge >= 0.3 is 12.1 Å². The van der Waals surface area contributed by atoms with Crippen molar-refractivity contribution in [3.05, 3.63) is 58.9 Å². The lowest BCUT2D eigenvalue weighted by Crippen LogP contribution is -2.29. The molecular formula is C15H8ClF3N2O4. The molecule has 0 saturated heterocycles. The fourth-order valence-electron chi connectivity index (χ4n) is 1.92. The number of nitrogens with zero attached hydrogens (tertiary/aromatic N) is 2. The number of carboxylic acid groups (broad SMARTS) is 1. The number of aromatic nitrogens is 1. The van der Waals surface area contributed by atoms with E-state index >= 15 is 0 Å². The molecule has 1 N–H and O–H groups in total. The number of aliphatic carboxylic acids is 1. The maximum absolute atomic E-state index is 12.1. The number of halogens is 4. The summed E-state index contributed by atoms with van der Waals surface area (Å²) in [5.41, 5.74) is 0.959. The topological polar surface area (TPSA) is 87.6 Å². The number of rotatable bonds is 1. The summed E-state index contributed by atoms with van der Waals surface area (Å²) in [6.07, 6.45) is -3.59. The van der Waals surface area contributed by atoms with Crippen molar-refractivity contribution in [3.8, 4) is 0 Å². The molecule has 1 aliphatic rings. The number of hydrogen-bond donors (Lipinski definition) is 1. The van der Waals surface area contributed by atoms with E-state index in [-0.39, 0.29) is 11.6 Å². The van der Waals surface area contributed by atoms with Crippen LogP contribution in [0.15, 0.2) is 42.6 Å². The van der Waals surface area contributed by atoms with Crippen molar-refractivity contribution in [1.82, 2.24) is 4.98 Å². The number of fused-ring (bicyclic) bond motifs is 1. The first-order valence-corrected chi connectivity index (χ1v) is 6.90. The normalized spacial score (nSPS) is 13.2. The molecule has 130 valence electrons. The van der Waals surface area contributed by atoms with Crippen LogP contribution in [-0.4, -0.2) is 34.1 Å². The number of pyridine rings is 1. The largest absolute Gasteiger partial charge is 0.490 e. The SMILES string of the molecule is O=C(O)C(F)(F)F.O=C1c2cccnc2C(=O)N1c1cccc(Cl)c1. The molecule has 3 rings (SSSR count). The predicted octanol–water partition coefficient (Wildman–Crippen LogP) is 3.17. The summed E-state index contributed by atoms with van der Waals surface area (Å²) in [5.74, 6) is -3.55. The van der Waals surface area contributed by atoms with E-state index in [4.69, 9.17) is 21.5 Å². The Kier molecular flexibility index (Phi) is 5.07. The first-order chi connectivity index (χ1) is 11.6. The van der Waals surface area contributed by atoms with Gasteiger partial charge in [0.1, 0.15) is 5.69 Å². The quantitative estimate of drug-likeness (QED) is 0.777. The van der Waals surface area contributed by atoms with Gasteiger partial charge in [-0.15, -0.1) is 0 Å². The number of benzene rings is 1. The third-order valence-corrected chi connectivity index (χ3v) is 3.19. The minimum Gasteiger partial charge on any atom is -0.475 e. The van der Waals surface area contributed by atoms with E-state index in [1.165, 1.54) is 6.20 Å². The van der Waals surface area contributed by atoms with Crippen molar-refractivity contribution < 1.29 is 32.7 Å². The lowest BCUT2D eigenvalue weighted by molar-refractivity contribution is -0.192. The Balaban J connectivity index is 0.000000277. The smallest absolute Gasteiger partial charge is 0.475 e. The van der Waals surface area contributed by atoms with Crippen molar-refractivity contribution in [2.45, 2.75) is 6.18 Å². The van der Waals surface area contributed by atoms with Crippen molar-refractivity contribution in [2.75, 3.05) is 4.90 Å². The molecule has 0 spiro atoms. The van der Waals surface area contributed by atoms with Crippen LogP contribution in [0, 0.1) is 0 Å². The van der Waals surface area contributed by atoms with Gasteiger partial charge in [0.05, 0.1) is 11.3 Å². The Hall–Kier alpha value is -2.94. The number of alkyl halides is 3. The maximum atomic E-state index is 12.1. The van der Waals surface area contributed by atoms with Crippen LogP contribution in [0.4, 0.5) is 18.9 Å². The van der Waals surface area contributed by atoms with E-state index in [0.717, 1.165) is 4.90 Å². The average molecular weight is 373 g/mol. The zero-order valence-corrected chi connectivity index (χ0v) is 12.9. The van der Waals surface area contributed by atoms with Gasteiger partial charge < -0.3 is 5.11 Å². The zero-order valence-electron chi connectivity index (χ0n) is 12.1. The summed E-state index contributed by atoms with van der Waals surface area (Å²) in [6.45, 7) is 0. The number of carbonyl (C=O) groups excluding carboxylic acids is 2. The van der Waals surface area contributed by atoms with Gasteiger partial charge in [0.25, 0.3) is 11.8 Å². The molecule has 2 heterocycles. The van der Waals surface area contributed by atoms with Crippen LogP contribution in [-0.2, 0) is 4.79 Å². The molecule has 10 heteroatoms. The van der Waals surface area contributed by atoms with Crippen molar-refractivity contribution in [1.29, 1.82) is 0 Å². The summed E-state index contributed by atoms with van der Waals surface area (Å²) >= 11 is 5.87. The highest BCUT2D eigenvalue weighted by molar-refractivity contribution is 6.35. The number of imide groups is 1. The monoisotopic (exact) mass is 372 g/mol. The Morgan fingerprint density at radius 2 is 1.76 bits per heavy atom. The molecule has 1 aromatic carbocycles. The first kappa shape index (κ1) is 18.4. The van der Waals surface area contributed by atoms with Crippen LogP contribution in [0.5, 0.6) is 0 Å². The van der Waals surface area contributed by atoms with Crippen LogP contribution in [0.1, 0.15) is 20.8 Å². The Morgan fingerprint density at radius 3 is 2.28 bits per heavy atom. The number of hydrogen-bond acceptors (Lipinski definition) is 4. The number of anilines is 1. The second kappa shape index (κ2) is 6.89. The van der Waals surface area contributed by atoms with Crippen LogP contribution in [0.2, 0.25) is 5.02 Å². The van der Waals surface area contributed by atoms with Crippen molar-refractivity contribution in [2.24, 2.45) is 0 Å². The molecule has 0 radical (unpaired) electrons. The van der Waals surface area contributed by atoms with Crippen LogP contribution < -0.4 is 4.90 Å². The van der Waals surface area contributed by atoms with Gasteiger partial charge in [0.2, 0.25) is 0 Å². The maximum Gasteiger partial charge on any atom is 0.490 e. The van der Waals surface area contributed by atoms with E-state index in [1.54, 1.807) is 36.4 Å². The zero-order chi connectivity index (χ0) is 18.8. The van der Waals surface area contributed by atoms with E-state index in [2.05, 4.69) is 4.98 Å². The second-order valence-corrected chi connectivity index (χ2v) is 5.06. The highest BCUT2D eigenvalue weighted by Crippen LogP contribution is 2.28. The van der Waals surface area contributed by atoms with Gasteiger partial charge in [-0.2, -0.15) is 13.2 Å². The molecule has 0 unspecified atom stereocenters. The first-order valence-electron chi connectivity index (χ1n) is 6.52. The molecular weight excluding hydrogens is 365 g/mol. The van der Waals surface area contributed by atoms with Crippen LogP contribution in [0.3, 0.4) is 0 Å². The summed E-state index contributed by atoms with van der Waals surface area (Å²) in [5, 5.41) is 7.59. The number of carbonyl (C=O) groups is 3. The van der Waals surface area contributed by atoms with Gasteiger partial charge in [0, 0.05) is 11.2 Å². The minimum absolute atomic E-state index is 0.183. The van der Waals surface area contributed by atoms with Crippen LogP contribution >= 0.6 is 11.6 Å². The van der Waals surface area contributed by atoms with Gasteiger partial charge in [0.15, 0.2) is 0 Å². The van der Waals surface area contributed by atoms with Gasteiger partial charge in [-0.25, -0.2) is 9.69 Å². The molecule has 1 aliphatic heterocycles. The Labute approximate surface area is 143 Å². The van der Waals surface area contributed by atoms with Crippen LogP contribution in [0.25, 0.3) is 0 Å². The third-order valence-electron chi connectivity index (χ3n) is 2.96. The predicted molar refractivity (Wildman–Crippen MR) is 80.5 cm³/mol. The van der Waals surface area contributed by atoms with Crippen molar-refractivity contribution in [3.63, 3.8) is 0 Å². The van der Waals surface area contributed by atoms with E-state index < -0.39 is 18.1 Å². The molecule has 0 bridgehead atoms. The Morgan fingerprint density at radius 1 is 1.12 bits per heavy atom. The molecule has 0 aliphatic carbocycles. The number of carboxylic acids is 1. The van der Waals surface area contributed by atoms with E-state index in [1.807, 2.05) is 0 Å². The number of amides is 2. The Bertz CT molecular complexity index is 820. The molecule has 25 heavy (non-hydrogen) atoms. The molecule has 2 amide bonds. The van der Waals surface area contributed by atoms with Crippen molar-refractivity contribution >= 4 is 35.1 Å². The molecule has 0 fully saturated rings. The fraction of sp³-hybridized carbons (Fsp3) is 0.0667. The summed E-state index contributed by atoms with van der Waals surface area (Å²) in [6, 6.07) is 9.82. The summed E-state index contributed by atoms with van der Waals surface area (Å²) in [7, 11) is 0. The van der Waals surface area contributed by atoms with Gasteiger partial charge in [-0.3, -0.25) is 14.6 Å². The lowest BCUT2D eigenvalue weighted by atomic mass is 10.2. The summed E-state index contributed by atoms with van der Waals surface area (Å²) in [4.78, 5) is 38.2.